The molecule has 0 bridgehead atoms. The summed E-state index contributed by atoms with van der Waals surface area (Å²) in [4.78, 5) is 13.3. The van der Waals surface area contributed by atoms with Crippen LogP contribution in [-0.4, -0.2) is 26.1 Å². The van der Waals surface area contributed by atoms with E-state index < -0.39 is 0 Å². The number of hydrogen-bond donors (Lipinski definition) is 1. The van der Waals surface area contributed by atoms with Crippen LogP contribution in [0.3, 0.4) is 0 Å². The number of rotatable bonds is 5. The van der Waals surface area contributed by atoms with Gasteiger partial charge in [0.25, 0.3) is 0 Å². The second-order valence-corrected chi connectivity index (χ2v) is 5.93. The molecule has 0 spiro atoms. The minimum atomic E-state index is -0.316. The largest absolute Gasteiger partial charge is 0.348 e. The Labute approximate surface area is 148 Å². The van der Waals surface area contributed by atoms with Gasteiger partial charge in [0.15, 0.2) is 0 Å². The molecule has 0 aliphatic carbocycles. The van der Waals surface area contributed by atoms with E-state index >= 15 is 0 Å². The molecule has 0 aliphatic heterocycles. The van der Waals surface area contributed by atoms with Crippen molar-refractivity contribution in [3.05, 3.63) is 64.9 Å². The molecule has 0 saturated carbocycles. The first-order chi connectivity index (χ1) is 12.0. The Morgan fingerprint density at radius 2 is 1.88 bits per heavy atom. The van der Waals surface area contributed by atoms with E-state index in [9.17, 15) is 9.18 Å². The van der Waals surface area contributed by atoms with Crippen LogP contribution in [0.2, 0.25) is 5.02 Å². The van der Waals surface area contributed by atoms with Crippen molar-refractivity contribution < 1.29 is 9.18 Å². The molecule has 25 heavy (non-hydrogen) atoms. The number of benzene rings is 2. The topological polar surface area (TPSA) is 72.7 Å². The van der Waals surface area contributed by atoms with Gasteiger partial charge in [-0.2, -0.15) is 4.80 Å². The number of halogens is 2. The van der Waals surface area contributed by atoms with Crippen molar-refractivity contribution in [1.29, 1.82) is 0 Å². The third-order valence-corrected chi connectivity index (χ3v) is 3.84. The summed E-state index contributed by atoms with van der Waals surface area (Å²) in [6.45, 7) is 1.76. The van der Waals surface area contributed by atoms with E-state index in [1.165, 1.54) is 16.9 Å². The van der Waals surface area contributed by atoms with Crippen LogP contribution in [0.5, 0.6) is 0 Å². The molecule has 3 aromatic rings. The molecule has 8 heteroatoms. The monoisotopic (exact) mass is 359 g/mol. The summed E-state index contributed by atoms with van der Waals surface area (Å²) >= 11 is 5.85. The fraction of sp³-hybridized carbons (Fsp3) is 0.176. The zero-order valence-corrected chi connectivity index (χ0v) is 14.1. The van der Waals surface area contributed by atoms with E-state index in [1.54, 1.807) is 36.4 Å². The standard InChI is InChI=1S/C17H15ClFN5O/c1-11(12-4-8-15(19)9-5-12)20-16(25)10-24-22-17(21-23-24)13-2-6-14(18)7-3-13/h2-9,11H,10H2,1H3,(H,20,25)/t11-/m1/s1. The lowest BCUT2D eigenvalue weighted by Crippen LogP contribution is -2.30. The van der Waals surface area contributed by atoms with Gasteiger partial charge in [-0.3, -0.25) is 4.79 Å². The predicted octanol–water partition coefficient (Wildman–Crippen LogP) is 3.01. The Hall–Kier alpha value is -2.80. The molecule has 0 aliphatic rings. The normalized spacial score (nSPS) is 12.0. The molecule has 0 unspecified atom stereocenters. The van der Waals surface area contributed by atoms with E-state index in [-0.39, 0.29) is 24.3 Å². The minimum Gasteiger partial charge on any atom is -0.348 e. The van der Waals surface area contributed by atoms with Gasteiger partial charge < -0.3 is 5.32 Å². The van der Waals surface area contributed by atoms with Gasteiger partial charge in [-0.1, -0.05) is 23.7 Å². The lowest BCUT2D eigenvalue weighted by atomic mass is 10.1. The first-order valence-corrected chi connectivity index (χ1v) is 7.97. The van der Waals surface area contributed by atoms with Gasteiger partial charge in [-0.25, -0.2) is 4.39 Å². The van der Waals surface area contributed by atoms with Crippen LogP contribution in [-0.2, 0) is 11.3 Å². The number of amides is 1. The number of tetrazole rings is 1. The first kappa shape index (κ1) is 17.0. The molecule has 1 heterocycles. The van der Waals surface area contributed by atoms with Gasteiger partial charge in [0.1, 0.15) is 12.4 Å². The molecule has 3 rings (SSSR count). The summed E-state index contributed by atoms with van der Waals surface area (Å²) in [5, 5.41) is 15.4. The number of hydrogen-bond acceptors (Lipinski definition) is 4. The average molecular weight is 360 g/mol. The Kier molecular flexibility index (Phi) is 5.04. The lowest BCUT2D eigenvalue weighted by molar-refractivity contribution is -0.122. The fourth-order valence-electron chi connectivity index (χ4n) is 2.28. The van der Waals surface area contributed by atoms with Crippen molar-refractivity contribution in [2.24, 2.45) is 0 Å². The highest BCUT2D eigenvalue weighted by atomic mass is 35.5. The Morgan fingerprint density at radius 3 is 2.56 bits per heavy atom. The van der Waals surface area contributed by atoms with Crippen LogP contribution in [0.1, 0.15) is 18.5 Å². The Morgan fingerprint density at radius 1 is 1.20 bits per heavy atom. The number of nitrogens with one attached hydrogen (secondary N) is 1. The molecule has 1 aromatic heterocycles. The second-order valence-electron chi connectivity index (χ2n) is 5.49. The maximum atomic E-state index is 12.9. The summed E-state index contributed by atoms with van der Waals surface area (Å²) < 4.78 is 12.9. The van der Waals surface area contributed by atoms with Crippen molar-refractivity contribution in [1.82, 2.24) is 25.5 Å². The number of aromatic nitrogens is 4. The third-order valence-electron chi connectivity index (χ3n) is 3.59. The zero-order valence-electron chi connectivity index (χ0n) is 13.4. The summed E-state index contributed by atoms with van der Waals surface area (Å²) in [7, 11) is 0. The number of carbonyl (C=O) groups is 1. The van der Waals surface area contributed by atoms with E-state index in [1.807, 2.05) is 6.92 Å². The molecule has 0 fully saturated rings. The summed E-state index contributed by atoms with van der Waals surface area (Å²) in [6.07, 6.45) is 0. The minimum absolute atomic E-state index is 0.0634. The fourth-order valence-corrected chi connectivity index (χ4v) is 2.40. The average Bonchev–Trinajstić information content (AvgIpc) is 3.04. The van der Waals surface area contributed by atoms with Crippen molar-refractivity contribution >= 4 is 17.5 Å². The zero-order chi connectivity index (χ0) is 17.8. The molecular weight excluding hydrogens is 345 g/mol. The van der Waals surface area contributed by atoms with Gasteiger partial charge in [0.05, 0.1) is 6.04 Å². The van der Waals surface area contributed by atoms with Crippen LogP contribution in [0, 0.1) is 5.82 Å². The van der Waals surface area contributed by atoms with Crippen molar-refractivity contribution in [3.8, 4) is 11.4 Å². The quantitative estimate of drug-likeness (QED) is 0.760. The SMILES string of the molecule is C[C@@H](NC(=O)Cn1nnc(-c2ccc(Cl)cc2)n1)c1ccc(F)cc1. The van der Waals surface area contributed by atoms with Crippen LogP contribution in [0.15, 0.2) is 48.5 Å². The highest BCUT2D eigenvalue weighted by Crippen LogP contribution is 2.17. The summed E-state index contributed by atoms with van der Waals surface area (Å²) in [5.74, 6) is -0.170. The van der Waals surface area contributed by atoms with Crippen molar-refractivity contribution in [2.75, 3.05) is 0 Å². The maximum absolute atomic E-state index is 12.9. The molecule has 1 N–H and O–H groups in total. The predicted molar refractivity (Wildman–Crippen MR) is 91.2 cm³/mol. The highest BCUT2D eigenvalue weighted by molar-refractivity contribution is 6.30. The van der Waals surface area contributed by atoms with E-state index in [2.05, 4.69) is 20.7 Å². The lowest BCUT2D eigenvalue weighted by Gasteiger charge is -2.13. The van der Waals surface area contributed by atoms with Crippen molar-refractivity contribution in [3.63, 3.8) is 0 Å². The molecule has 0 radical (unpaired) electrons. The highest BCUT2D eigenvalue weighted by Gasteiger charge is 2.13. The van der Waals surface area contributed by atoms with Crippen LogP contribution < -0.4 is 5.32 Å². The molecular formula is C17H15ClFN5O. The smallest absolute Gasteiger partial charge is 0.244 e. The van der Waals surface area contributed by atoms with E-state index in [4.69, 9.17) is 11.6 Å². The maximum Gasteiger partial charge on any atom is 0.244 e. The Bertz CT molecular complexity index is 864. The molecule has 0 saturated heterocycles. The molecule has 1 atom stereocenters. The number of nitrogens with zero attached hydrogens (tertiary/aromatic N) is 4. The molecule has 2 aromatic carbocycles. The van der Waals surface area contributed by atoms with Crippen LogP contribution >= 0.6 is 11.6 Å². The molecule has 6 nitrogen and oxygen atoms in total. The second kappa shape index (κ2) is 7.40. The molecule has 128 valence electrons. The van der Waals surface area contributed by atoms with Crippen LogP contribution in [0.4, 0.5) is 4.39 Å². The summed E-state index contributed by atoms with van der Waals surface area (Å²) in [5.41, 5.74) is 1.57. The van der Waals surface area contributed by atoms with Crippen molar-refractivity contribution in [2.45, 2.75) is 19.5 Å². The van der Waals surface area contributed by atoms with Gasteiger partial charge in [-0.05, 0) is 54.1 Å². The van der Waals surface area contributed by atoms with Gasteiger partial charge >= 0.3 is 0 Å². The van der Waals surface area contributed by atoms with Gasteiger partial charge in [-0.15, -0.1) is 10.2 Å². The third kappa shape index (κ3) is 4.39. The van der Waals surface area contributed by atoms with E-state index in [0.717, 1.165) is 11.1 Å². The van der Waals surface area contributed by atoms with E-state index in [0.29, 0.717) is 10.8 Å². The Balaban J connectivity index is 1.61. The molecule has 1 amide bonds. The summed E-state index contributed by atoms with van der Waals surface area (Å²) in [6, 6.07) is 12.7. The van der Waals surface area contributed by atoms with Gasteiger partial charge in [0, 0.05) is 10.6 Å². The van der Waals surface area contributed by atoms with Crippen LogP contribution in [0.25, 0.3) is 11.4 Å². The first-order valence-electron chi connectivity index (χ1n) is 7.60. The number of carbonyl (C=O) groups excluding carboxylic acids is 1. The van der Waals surface area contributed by atoms with Gasteiger partial charge in [0.2, 0.25) is 11.7 Å².